The molecule has 1 aliphatic rings. The third-order valence-corrected chi connectivity index (χ3v) is 4.61. The van der Waals surface area contributed by atoms with Crippen molar-refractivity contribution in [2.24, 2.45) is 5.73 Å². The van der Waals surface area contributed by atoms with E-state index in [9.17, 15) is 0 Å². The summed E-state index contributed by atoms with van der Waals surface area (Å²) in [6.45, 7) is 10.1. The average Bonchev–Trinajstić information content (AvgIpc) is 2.81. The summed E-state index contributed by atoms with van der Waals surface area (Å²) in [5.41, 5.74) is 5.92. The second kappa shape index (κ2) is 8.35. The predicted octanol–water partition coefficient (Wildman–Crippen LogP) is 1.48. The monoisotopic (exact) mass is 259 g/mol. The summed E-state index contributed by atoms with van der Waals surface area (Å²) in [6.07, 6.45) is 4.73. The molecule has 2 N–H and O–H groups in total. The Morgan fingerprint density at radius 3 is 2.65 bits per heavy atom. The van der Waals surface area contributed by atoms with Crippen LogP contribution < -0.4 is 5.73 Å². The zero-order chi connectivity index (χ0) is 12.7. The van der Waals surface area contributed by atoms with Crippen LogP contribution in [0.3, 0.4) is 0 Å². The van der Waals surface area contributed by atoms with Gasteiger partial charge in [0.1, 0.15) is 0 Å². The molecule has 102 valence electrons. The van der Waals surface area contributed by atoms with Gasteiger partial charge in [-0.25, -0.2) is 0 Å². The quantitative estimate of drug-likeness (QED) is 0.716. The fourth-order valence-corrected chi connectivity index (χ4v) is 3.35. The van der Waals surface area contributed by atoms with Gasteiger partial charge in [-0.2, -0.15) is 11.8 Å². The van der Waals surface area contributed by atoms with Crippen LogP contribution in [0.5, 0.6) is 0 Å². The lowest BCUT2D eigenvalue weighted by Crippen LogP contribution is -2.43. The molecule has 1 saturated heterocycles. The van der Waals surface area contributed by atoms with E-state index >= 15 is 0 Å². The van der Waals surface area contributed by atoms with E-state index < -0.39 is 0 Å². The Labute approximate surface area is 111 Å². The molecule has 1 heterocycles. The van der Waals surface area contributed by atoms with Crippen LogP contribution in [0.4, 0.5) is 0 Å². The van der Waals surface area contributed by atoms with Crippen LogP contribution in [0.2, 0.25) is 0 Å². The Morgan fingerprint density at radius 1 is 1.41 bits per heavy atom. The zero-order valence-corrected chi connectivity index (χ0v) is 12.5. The molecule has 1 aliphatic heterocycles. The third-order valence-electron chi connectivity index (χ3n) is 3.97. The molecular formula is C13H29N3S. The standard InChI is InChI=1S/C13H29N3S/c1-4-15(5-2)13-6-8-16(11-13)12(10-14)7-9-17-3/h12-13H,4-11,14H2,1-3H3. The van der Waals surface area contributed by atoms with E-state index in [-0.39, 0.29) is 0 Å². The fraction of sp³-hybridized carbons (Fsp3) is 1.00. The molecule has 0 radical (unpaired) electrons. The first-order valence-corrected chi connectivity index (χ1v) is 8.33. The largest absolute Gasteiger partial charge is 0.329 e. The highest BCUT2D eigenvalue weighted by Crippen LogP contribution is 2.19. The first-order chi connectivity index (χ1) is 8.26. The van der Waals surface area contributed by atoms with Gasteiger partial charge in [-0.1, -0.05) is 13.8 Å². The molecule has 0 bridgehead atoms. The number of likely N-dealkylation sites (N-methyl/N-ethyl adjacent to an activating group) is 1. The van der Waals surface area contributed by atoms with Crippen LogP contribution in [-0.4, -0.2) is 66.6 Å². The van der Waals surface area contributed by atoms with Gasteiger partial charge in [0.25, 0.3) is 0 Å². The van der Waals surface area contributed by atoms with Crippen LogP contribution in [-0.2, 0) is 0 Å². The summed E-state index contributed by atoms with van der Waals surface area (Å²) in [7, 11) is 0. The van der Waals surface area contributed by atoms with E-state index in [0.29, 0.717) is 6.04 Å². The van der Waals surface area contributed by atoms with E-state index in [1.165, 1.54) is 44.8 Å². The van der Waals surface area contributed by atoms with Gasteiger partial charge in [0.05, 0.1) is 0 Å². The van der Waals surface area contributed by atoms with Crippen molar-refractivity contribution in [1.29, 1.82) is 0 Å². The van der Waals surface area contributed by atoms with Gasteiger partial charge in [0, 0.05) is 31.7 Å². The zero-order valence-electron chi connectivity index (χ0n) is 11.7. The molecule has 0 amide bonds. The minimum atomic E-state index is 0.600. The predicted molar refractivity (Wildman–Crippen MR) is 78.7 cm³/mol. The van der Waals surface area contributed by atoms with Crippen LogP contribution in [0.25, 0.3) is 0 Å². The lowest BCUT2D eigenvalue weighted by Gasteiger charge is -2.29. The number of rotatable bonds is 8. The highest BCUT2D eigenvalue weighted by Gasteiger charge is 2.29. The number of thioether (sulfide) groups is 1. The van der Waals surface area contributed by atoms with E-state index in [2.05, 4.69) is 29.9 Å². The minimum Gasteiger partial charge on any atom is -0.329 e. The SMILES string of the molecule is CCN(CC)C1CCN(C(CN)CCSC)C1. The lowest BCUT2D eigenvalue weighted by atomic mass is 10.2. The van der Waals surface area contributed by atoms with Crippen molar-refractivity contribution in [1.82, 2.24) is 9.80 Å². The summed E-state index contributed by atoms with van der Waals surface area (Å²) in [5, 5.41) is 0. The maximum absolute atomic E-state index is 5.92. The molecule has 0 aromatic heterocycles. The topological polar surface area (TPSA) is 32.5 Å². The van der Waals surface area contributed by atoms with E-state index in [4.69, 9.17) is 5.73 Å². The molecule has 0 aliphatic carbocycles. The van der Waals surface area contributed by atoms with Gasteiger partial charge in [-0.05, 0) is 37.9 Å². The van der Waals surface area contributed by atoms with Gasteiger partial charge in [0.15, 0.2) is 0 Å². The van der Waals surface area contributed by atoms with E-state index in [0.717, 1.165) is 12.6 Å². The van der Waals surface area contributed by atoms with E-state index in [1.54, 1.807) is 0 Å². The molecular weight excluding hydrogens is 230 g/mol. The average molecular weight is 259 g/mol. The summed E-state index contributed by atoms with van der Waals surface area (Å²) < 4.78 is 0. The van der Waals surface area contributed by atoms with Gasteiger partial charge in [-0.15, -0.1) is 0 Å². The maximum Gasteiger partial charge on any atom is 0.0235 e. The van der Waals surface area contributed by atoms with Gasteiger partial charge >= 0.3 is 0 Å². The third kappa shape index (κ3) is 4.43. The van der Waals surface area contributed by atoms with Gasteiger partial charge in [0.2, 0.25) is 0 Å². The van der Waals surface area contributed by atoms with Crippen molar-refractivity contribution in [3.05, 3.63) is 0 Å². The first kappa shape index (κ1) is 15.3. The second-order valence-corrected chi connectivity index (χ2v) is 5.82. The van der Waals surface area contributed by atoms with Crippen LogP contribution in [0.1, 0.15) is 26.7 Å². The van der Waals surface area contributed by atoms with Crippen LogP contribution in [0, 0.1) is 0 Å². The Kier molecular flexibility index (Phi) is 7.51. The normalized spacial score (nSPS) is 23.5. The number of hydrogen-bond acceptors (Lipinski definition) is 4. The number of likely N-dealkylation sites (tertiary alicyclic amines) is 1. The van der Waals surface area contributed by atoms with Crippen molar-refractivity contribution in [2.75, 3.05) is 44.7 Å². The minimum absolute atomic E-state index is 0.600. The van der Waals surface area contributed by atoms with Crippen LogP contribution in [0.15, 0.2) is 0 Å². The van der Waals surface area contributed by atoms with Gasteiger partial charge < -0.3 is 5.73 Å². The first-order valence-electron chi connectivity index (χ1n) is 6.93. The van der Waals surface area contributed by atoms with E-state index in [1.807, 2.05) is 11.8 Å². The molecule has 0 spiro atoms. The van der Waals surface area contributed by atoms with Crippen LogP contribution >= 0.6 is 11.8 Å². The maximum atomic E-state index is 5.92. The smallest absolute Gasteiger partial charge is 0.0235 e. The Morgan fingerprint density at radius 2 is 2.12 bits per heavy atom. The molecule has 2 unspecified atom stereocenters. The molecule has 0 aromatic rings. The number of nitrogens with zero attached hydrogens (tertiary/aromatic N) is 2. The molecule has 17 heavy (non-hydrogen) atoms. The van der Waals surface area contributed by atoms with Crippen molar-refractivity contribution >= 4 is 11.8 Å². The summed E-state index contributed by atoms with van der Waals surface area (Å²) >= 11 is 1.93. The Balaban J connectivity index is 2.41. The Hall–Kier alpha value is 0.230. The molecule has 2 atom stereocenters. The molecule has 0 aromatic carbocycles. The highest BCUT2D eigenvalue weighted by molar-refractivity contribution is 7.98. The highest BCUT2D eigenvalue weighted by atomic mass is 32.2. The van der Waals surface area contributed by atoms with Crippen molar-refractivity contribution in [3.8, 4) is 0 Å². The summed E-state index contributed by atoms with van der Waals surface area (Å²) in [4.78, 5) is 5.20. The number of hydrogen-bond donors (Lipinski definition) is 1. The van der Waals surface area contributed by atoms with Crippen molar-refractivity contribution < 1.29 is 0 Å². The fourth-order valence-electron chi connectivity index (χ4n) is 2.84. The molecule has 0 saturated carbocycles. The molecule has 4 heteroatoms. The summed E-state index contributed by atoms with van der Waals surface area (Å²) in [6, 6.07) is 1.36. The summed E-state index contributed by atoms with van der Waals surface area (Å²) in [5.74, 6) is 1.23. The molecule has 1 rings (SSSR count). The lowest BCUT2D eigenvalue weighted by molar-refractivity contribution is 0.187. The second-order valence-electron chi connectivity index (χ2n) is 4.83. The molecule has 3 nitrogen and oxygen atoms in total. The van der Waals surface area contributed by atoms with Crippen molar-refractivity contribution in [2.45, 2.75) is 38.8 Å². The molecule has 1 fully saturated rings. The number of nitrogens with two attached hydrogens (primary N) is 1. The van der Waals surface area contributed by atoms with Crippen molar-refractivity contribution in [3.63, 3.8) is 0 Å². The Bertz CT molecular complexity index is 197. The van der Waals surface area contributed by atoms with Gasteiger partial charge in [-0.3, -0.25) is 9.80 Å².